The number of hydrogen-bond acceptors (Lipinski definition) is 6. The molecule has 1 heterocycles. The van der Waals surface area contributed by atoms with Crippen LogP contribution in [0.15, 0.2) is 6.33 Å². The molecule has 1 aromatic rings. The number of nitrogens with two attached hydrogens (primary N) is 2. The molecule has 5 N–H and O–H groups in total. The van der Waals surface area contributed by atoms with Gasteiger partial charge < -0.3 is 21.5 Å². The van der Waals surface area contributed by atoms with Crippen molar-refractivity contribution in [1.82, 2.24) is 9.97 Å². The van der Waals surface area contributed by atoms with Crippen molar-refractivity contribution in [3.63, 3.8) is 0 Å². The summed E-state index contributed by atoms with van der Waals surface area (Å²) in [4.78, 5) is 19.0. The number of carbonyl (C=O) groups is 1. The number of nitrogens with zero attached hydrogens (tertiary/aromatic N) is 2. The summed E-state index contributed by atoms with van der Waals surface area (Å²) in [5, 5.41) is 2.85. The average Bonchev–Trinajstić information content (AvgIpc) is 2.24. The number of amides is 1. The van der Waals surface area contributed by atoms with Gasteiger partial charge in [-0.05, 0) is 20.8 Å². The number of nitrogens with one attached hydrogen (secondary N) is 1. The van der Waals surface area contributed by atoms with E-state index in [1.165, 1.54) is 6.33 Å². The second-order valence-corrected chi connectivity index (χ2v) is 3.99. The second kappa shape index (κ2) is 4.86. The van der Waals surface area contributed by atoms with E-state index in [2.05, 4.69) is 15.3 Å². The normalized spacial score (nSPS) is 11.0. The smallest absolute Gasteiger partial charge is 0.242 e. The van der Waals surface area contributed by atoms with Gasteiger partial charge in [0.15, 0.2) is 5.82 Å². The first-order valence-corrected chi connectivity index (χ1v) is 5.19. The van der Waals surface area contributed by atoms with Crippen molar-refractivity contribution < 1.29 is 9.53 Å². The largest absolute Gasteiger partial charge is 0.476 e. The molecule has 94 valence electrons. The zero-order valence-corrected chi connectivity index (χ0v) is 10.2. The standard InChI is InChI=1S/C10H17N5O2/c1-4-17-8-6(11)7(13-5-14-8)15-10(2,3)9(12)16/h5H,4,11H2,1-3H3,(H2,12,16)(H,13,14,15). The zero-order chi connectivity index (χ0) is 13.1. The van der Waals surface area contributed by atoms with Crippen LogP contribution in [0, 0.1) is 0 Å². The van der Waals surface area contributed by atoms with Gasteiger partial charge >= 0.3 is 0 Å². The molecule has 0 saturated carbocycles. The van der Waals surface area contributed by atoms with E-state index in [9.17, 15) is 4.79 Å². The minimum atomic E-state index is -0.952. The first-order valence-electron chi connectivity index (χ1n) is 5.19. The second-order valence-electron chi connectivity index (χ2n) is 3.99. The number of primary amides is 1. The fraction of sp³-hybridized carbons (Fsp3) is 0.500. The van der Waals surface area contributed by atoms with E-state index in [-0.39, 0.29) is 11.6 Å². The zero-order valence-electron chi connectivity index (χ0n) is 10.2. The molecule has 0 aliphatic heterocycles. The maximum Gasteiger partial charge on any atom is 0.242 e. The van der Waals surface area contributed by atoms with Gasteiger partial charge in [0.05, 0.1) is 6.61 Å². The summed E-state index contributed by atoms with van der Waals surface area (Å²) in [6, 6.07) is 0. The van der Waals surface area contributed by atoms with Gasteiger partial charge in [-0.25, -0.2) is 4.98 Å². The van der Waals surface area contributed by atoms with Crippen molar-refractivity contribution >= 4 is 17.4 Å². The maximum absolute atomic E-state index is 11.2. The lowest BCUT2D eigenvalue weighted by atomic mass is 10.1. The lowest BCUT2D eigenvalue weighted by Crippen LogP contribution is -2.45. The van der Waals surface area contributed by atoms with E-state index in [1.54, 1.807) is 13.8 Å². The number of carbonyl (C=O) groups excluding carboxylic acids is 1. The third-order valence-corrected chi connectivity index (χ3v) is 2.18. The topological polar surface area (TPSA) is 116 Å². The summed E-state index contributed by atoms with van der Waals surface area (Å²) in [6.07, 6.45) is 1.31. The molecule has 0 aliphatic carbocycles. The van der Waals surface area contributed by atoms with Gasteiger partial charge in [0.2, 0.25) is 11.8 Å². The molecule has 0 spiro atoms. The minimum absolute atomic E-state index is 0.253. The Balaban J connectivity index is 2.99. The third-order valence-electron chi connectivity index (χ3n) is 2.18. The van der Waals surface area contributed by atoms with Crippen molar-refractivity contribution in [3.8, 4) is 5.88 Å². The molecular weight excluding hydrogens is 222 g/mol. The number of rotatable bonds is 5. The molecule has 7 nitrogen and oxygen atoms in total. The van der Waals surface area contributed by atoms with Crippen molar-refractivity contribution in [1.29, 1.82) is 0 Å². The molecule has 0 radical (unpaired) electrons. The molecule has 1 rings (SSSR count). The Hall–Kier alpha value is -2.05. The van der Waals surface area contributed by atoms with Crippen molar-refractivity contribution in [2.45, 2.75) is 26.3 Å². The molecule has 17 heavy (non-hydrogen) atoms. The quantitative estimate of drug-likeness (QED) is 0.672. The molecule has 0 atom stereocenters. The predicted molar refractivity (Wildman–Crippen MR) is 64.5 cm³/mol. The first kappa shape index (κ1) is 13.0. The molecule has 0 bridgehead atoms. The van der Waals surface area contributed by atoms with Crippen LogP contribution in [-0.2, 0) is 4.79 Å². The van der Waals surface area contributed by atoms with Crippen molar-refractivity contribution in [2.24, 2.45) is 5.73 Å². The van der Waals surface area contributed by atoms with Crippen molar-refractivity contribution in [2.75, 3.05) is 17.7 Å². The Labute approximate surface area is 99.6 Å². The number of hydrogen-bond donors (Lipinski definition) is 3. The van der Waals surface area contributed by atoms with Crippen LogP contribution in [0.2, 0.25) is 0 Å². The van der Waals surface area contributed by atoms with E-state index in [0.29, 0.717) is 12.4 Å². The van der Waals surface area contributed by atoms with Gasteiger partial charge in [-0.3, -0.25) is 4.79 Å². The summed E-state index contributed by atoms with van der Waals surface area (Å²) in [6.45, 7) is 5.54. The first-order chi connectivity index (χ1) is 7.88. The lowest BCUT2D eigenvalue weighted by Gasteiger charge is -2.23. The number of nitrogen functional groups attached to an aromatic ring is 1. The highest BCUT2D eigenvalue weighted by atomic mass is 16.5. The van der Waals surface area contributed by atoms with Gasteiger partial charge in [-0.15, -0.1) is 0 Å². The van der Waals surface area contributed by atoms with Gasteiger partial charge in [0.25, 0.3) is 0 Å². The summed E-state index contributed by atoms with van der Waals surface area (Å²) in [7, 11) is 0. The molecule has 7 heteroatoms. The highest BCUT2D eigenvalue weighted by Crippen LogP contribution is 2.26. The summed E-state index contributed by atoms with van der Waals surface area (Å²) in [5.74, 6) is 0.103. The van der Waals surface area contributed by atoms with Gasteiger partial charge in [-0.2, -0.15) is 4.98 Å². The molecule has 0 saturated heterocycles. The van der Waals surface area contributed by atoms with E-state index < -0.39 is 11.4 Å². The Kier molecular flexibility index (Phi) is 3.72. The van der Waals surface area contributed by atoms with Crippen LogP contribution in [0.1, 0.15) is 20.8 Å². The summed E-state index contributed by atoms with van der Waals surface area (Å²) < 4.78 is 5.22. The van der Waals surface area contributed by atoms with Gasteiger partial charge in [0.1, 0.15) is 17.6 Å². The summed E-state index contributed by atoms with van der Waals surface area (Å²) in [5.41, 5.74) is 10.4. The number of anilines is 2. The fourth-order valence-electron chi connectivity index (χ4n) is 1.09. The van der Waals surface area contributed by atoms with Crippen LogP contribution in [0.25, 0.3) is 0 Å². The SMILES string of the molecule is CCOc1ncnc(NC(C)(C)C(N)=O)c1N. The molecular formula is C10H17N5O2. The van der Waals surface area contributed by atoms with Crippen LogP contribution < -0.4 is 21.5 Å². The van der Waals surface area contributed by atoms with E-state index in [0.717, 1.165) is 0 Å². The summed E-state index contributed by atoms with van der Waals surface area (Å²) >= 11 is 0. The monoisotopic (exact) mass is 239 g/mol. The number of aromatic nitrogens is 2. The molecule has 0 unspecified atom stereocenters. The van der Waals surface area contributed by atoms with Crippen molar-refractivity contribution in [3.05, 3.63) is 6.33 Å². The predicted octanol–water partition coefficient (Wildman–Crippen LogP) is 0.133. The molecule has 1 amide bonds. The van der Waals surface area contributed by atoms with E-state index in [1.807, 2.05) is 6.92 Å². The van der Waals surface area contributed by atoms with Gasteiger partial charge in [0, 0.05) is 0 Å². The van der Waals surface area contributed by atoms with Crippen LogP contribution in [0.5, 0.6) is 5.88 Å². The van der Waals surface area contributed by atoms with E-state index >= 15 is 0 Å². The Morgan fingerprint density at radius 1 is 1.53 bits per heavy atom. The maximum atomic E-state index is 11.2. The van der Waals surface area contributed by atoms with Gasteiger partial charge in [-0.1, -0.05) is 0 Å². The minimum Gasteiger partial charge on any atom is -0.476 e. The van der Waals surface area contributed by atoms with Crippen LogP contribution in [-0.4, -0.2) is 28.0 Å². The van der Waals surface area contributed by atoms with E-state index in [4.69, 9.17) is 16.2 Å². The highest BCUT2D eigenvalue weighted by molar-refractivity contribution is 5.87. The average molecular weight is 239 g/mol. The molecule has 0 aromatic carbocycles. The third kappa shape index (κ3) is 2.96. The highest BCUT2D eigenvalue weighted by Gasteiger charge is 2.26. The molecule has 1 aromatic heterocycles. The van der Waals surface area contributed by atoms with Crippen LogP contribution in [0.3, 0.4) is 0 Å². The number of ether oxygens (including phenoxy) is 1. The van der Waals surface area contributed by atoms with Crippen LogP contribution >= 0.6 is 0 Å². The molecule has 0 aliphatic rings. The fourth-order valence-corrected chi connectivity index (χ4v) is 1.09. The molecule has 0 fully saturated rings. The Morgan fingerprint density at radius 3 is 2.71 bits per heavy atom. The van der Waals surface area contributed by atoms with Crippen LogP contribution in [0.4, 0.5) is 11.5 Å². The Morgan fingerprint density at radius 2 is 2.18 bits per heavy atom. The lowest BCUT2D eigenvalue weighted by molar-refractivity contribution is -0.121. The Bertz CT molecular complexity index is 419.